The molecule has 0 saturated heterocycles. The number of hydrogen-bond donors (Lipinski definition) is 1. The van der Waals surface area contributed by atoms with Crippen molar-refractivity contribution in [3.8, 4) is 5.75 Å². The van der Waals surface area contributed by atoms with Gasteiger partial charge in [0.1, 0.15) is 5.75 Å². The van der Waals surface area contributed by atoms with Gasteiger partial charge in [-0.25, -0.2) is 0 Å². The van der Waals surface area contributed by atoms with Gasteiger partial charge in [-0.15, -0.1) is 12.6 Å². The van der Waals surface area contributed by atoms with E-state index in [0.717, 1.165) is 12.1 Å². The summed E-state index contributed by atoms with van der Waals surface area (Å²) < 4.78 is 76.7. The van der Waals surface area contributed by atoms with E-state index in [1.807, 2.05) is 0 Å². The van der Waals surface area contributed by atoms with Gasteiger partial charge in [0, 0.05) is 4.90 Å². The molecular formula is C9H6F6OS. The van der Waals surface area contributed by atoms with Gasteiger partial charge in [0.25, 0.3) is 0 Å². The maximum absolute atomic E-state index is 12.4. The summed E-state index contributed by atoms with van der Waals surface area (Å²) in [6.07, 6.45) is -9.29. The van der Waals surface area contributed by atoms with E-state index in [0.29, 0.717) is 6.07 Å². The summed E-state index contributed by atoms with van der Waals surface area (Å²) >= 11 is 3.57. The van der Waals surface area contributed by atoms with Gasteiger partial charge in [-0.05, 0) is 18.2 Å². The predicted molar refractivity (Wildman–Crippen MR) is 50.2 cm³/mol. The van der Waals surface area contributed by atoms with Crippen LogP contribution in [-0.4, -0.2) is 12.8 Å². The Bertz CT molecular complexity index is 397. The summed E-state index contributed by atoms with van der Waals surface area (Å²) in [5.41, 5.74) is -1.14. The summed E-state index contributed by atoms with van der Waals surface area (Å²) in [4.78, 5) is -0.378. The SMILES string of the molecule is FC(F)(F)COc1ccc(S)c(C(F)(F)F)c1. The molecule has 1 nitrogen and oxygen atoms in total. The molecule has 0 atom stereocenters. The molecule has 0 N–H and O–H groups in total. The van der Waals surface area contributed by atoms with Crippen LogP contribution in [0.3, 0.4) is 0 Å². The summed E-state index contributed by atoms with van der Waals surface area (Å²) in [5.74, 6) is -0.507. The first-order valence-corrected chi connectivity index (χ1v) is 4.64. The average molecular weight is 276 g/mol. The summed E-state index contributed by atoms with van der Waals surface area (Å²) in [6, 6.07) is 2.40. The number of thiol groups is 1. The monoisotopic (exact) mass is 276 g/mol. The van der Waals surface area contributed by atoms with Crippen LogP contribution >= 0.6 is 12.6 Å². The molecule has 8 heteroatoms. The topological polar surface area (TPSA) is 9.23 Å². The third-order valence-electron chi connectivity index (χ3n) is 1.68. The molecule has 0 saturated carbocycles. The first-order chi connectivity index (χ1) is 7.59. The zero-order valence-corrected chi connectivity index (χ0v) is 8.96. The van der Waals surface area contributed by atoms with Crippen LogP contribution in [0.4, 0.5) is 26.3 Å². The van der Waals surface area contributed by atoms with Crippen LogP contribution in [-0.2, 0) is 6.18 Å². The predicted octanol–water partition coefficient (Wildman–Crippen LogP) is 3.94. The maximum atomic E-state index is 12.4. The van der Waals surface area contributed by atoms with Gasteiger partial charge in [-0.1, -0.05) is 0 Å². The van der Waals surface area contributed by atoms with Crippen LogP contribution in [0, 0.1) is 0 Å². The van der Waals surface area contributed by atoms with Crippen molar-refractivity contribution in [3.05, 3.63) is 23.8 Å². The zero-order valence-electron chi connectivity index (χ0n) is 8.06. The van der Waals surface area contributed by atoms with E-state index in [1.54, 1.807) is 0 Å². The van der Waals surface area contributed by atoms with Crippen molar-refractivity contribution in [1.29, 1.82) is 0 Å². The fraction of sp³-hybridized carbons (Fsp3) is 0.333. The Kier molecular flexibility index (Phi) is 3.85. The first kappa shape index (κ1) is 14.0. The Balaban J connectivity index is 2.90. The van der Waals surface area contributed by atoms with E-state index < -0.39 is 30.3 Å². The molecule has 0 amide bonds. The summed E-state index contributed by atoms with van der Waals surface area (Å²) in [6.45, 7) is -1.64. The van der Waals surface area contributed by atoms with E-state index in [2.05, 4.69) is 17.4 Å². The van der Waals surface area contributed by atoms with Crippen LogP contribution in [0.1, 0.15) is 5.56 Å². The normalized spacial score (nSPS) is 12.6. The summed E-state index contributed by atoms with van der Waals surface area (Å²) in [5, 5.41) is 0. The Hall–Kier alpha value is -1.05. The van der Waals surface area contributed by atoms with Crippen molar-refractivity contribution >= 4 is 12.6 Å². The second kappa shape index (κ2) is 4.67. The van der Waals surface area contributed by atoms with E-state index in [1.165, 1.54) is 0 Å². The highest BCUT2D eigenvalue weighted by Gasteiger charge is 2.34. The Labute approximate surface area is 97.8 Å². The molecule has 1 rings (SSSR count). The third kappa shape index (κ3) is 4.37. The van der Waals surface area contributed by atoms with Gasteiger partial charge in [-0.2, -0.15) is 26.3 Å². The van der Waals surface area contributed by atoms with Crippen molar-refractivity contribution in [2.75, 3.05) is 6.61 Å². The molecule has 0 heterocycles. The second-order valence-electron chi connectivity index (χ2n) is 3.08. The number of alkyl halides is 6. The van der Waals surface area contributed by atoms with Gasteiger partial charge in [0.2, 0.25) is 0 Å². The number of hydrogen-bond acceptors (Lipinski definition) is 2. The number of ether oxygens (including phenoxy) is 1. The minimum atomic E-state index is -4.69. The highest BCUT2D eigenvalue weighted by molar-refractivity contribution is 7.80. The first-order valence-electron chi connectivity index (χ1n) is 4.19. The van der Waals surface area contributed by atoms with Crippen molar-refractivity contribution in [1.82, 2.24) is 0 Å². The van der Waals surface area contributed by atoms with Gasteiger partial charge in [0.15, 0.2) is 6.61 Å². The zero-order chi connectivity index (χ0) is 13.3. The third-order valence-corrected chi connectivity index (χ3v) is 2.07. The smallest absolute Gasteiger partial charge is 0.422 e. The molecule has 0 spiro atoms. The lowest BCUT2D eigenvalue weighted by Crippen LogP contribution is -2.19. The molecule has 0 radical (unpaired) electrons. The molecular weight excluding hydrogens is 270 g/mol. The van der Waals surface area contributed by atoms with E-state index in [9.17, 15) is 26.3 Å². The number of benzene rings is 1. The van der Waals surface area contributed by atoms with Crippen LogP contribution < -0.4 is 4.74 Å². The lowest BCUT2D eigenvalue weighted by molar-refractivity contribution is -0.153. The molecule has 0 aromatic heterocycles. The molecule has 0 aliphatic carbocycles. The lowest BCUT2D eigenvalue weighted by atomic mass is 10.2. The standard InChI is InChI=1S/C9H6F6OS/c10-8(11,12)4-16-5-1-2-7(17)6(3-5)9(13,14)15/h1-3,17H,4H2. The number of rotatable bonds is 2. The van der Waals surface area contributed by atoms with Crippen LogP contribution in [0.15, 0.2) is 23.1 Å². The molecule has 1 aromatic carbocycles. The van der Waals surface area contributed by atoms with Gasteiger partial charge in [-0.3, -0.25) is 0 Å². The molecule has 1 aromatic rings. The molecule has 0 unspecified atom stereocenters. The highest BCUT2D eigenvalue weighted by atomic mass is 32.1. The fourth-order valence-electron chi connectivity index (χ4n) is 0.997. The Morgan fingerprint density at radius 3 is 2.12 bits per heavy atom. The second-order valence-corrected chi connectivity index (χ2v) is 3.56. The minimum Gasteiger partial charge on any atom is -0.484 e. The van der Waals surface area contributed by atoms with Gasteiger partial charge < -0.3 is 4.74 Å². The van der Waals surface area contributed by atoms with Crippen LogP contribution in [0.25, 0.3) is 0 Å². The van der Waals surface area contributed by atoms with E-state index in [4.69, 9.17) is 0 Å². The van der Waals surface area contributed by atoms with Crippen molar-refractivity contribution in [2.45, 2.75) is 17.2 Å². The van der Waals surface area contributed by atoms with Gasteiger partial charge >= 0.3 is 12.4 Å². The van der Waals surface area contributed by atoms with E-state index in [-0.39, 0.29) is 4.90 Å². The van der Waals surface area contributed by atoms with Crippen molar-refractivity contribution in [3.63, 3.8) is 0 Å². The van der Waals surface area contributed by atoms with Crippen molar-refractivity contribution < 1.29 is 31.1 Å². The van der Waals surface area contributed by atoms with Crippen LogP contribution in [0.2, 0.25) is 0 Å². The molecule has 96 valence electrons. The molecule has 0 bridgehead atoms. The van der Waals surface area contributed by atoms with Crippen molar-refractivity contribution in [2.24, 2.45) is 0 Å². The molecule has 0 fully saturated rings. The van der Waals surface area contributed by atoms with E-state index >= 15 is 0 Å². The maximum Gasteiger partial charge on any atom is 0.422 e. The molecule has 0 aliphatic heterocycles. The Morgan fingerprint density at radius 1 is 1.06 bits per heavy atom. The van der Waals surface area contributed by atoms with Crippen LogP contribution in [0.5, 0.6) is 5.75 Å². The minimum absolute atomic E-state index is 0.378. The average Bonchev–Trinajstić information content (AvgIpc) is 2.13. The molecule has 17 heavy (non-hydrogen) atoms. The summed E-state index contributed by atoms with van der Waals surface area (Å²) in [7, 11) is 0. The highest BCUT2D eigenvalue weighted by Crippen LogP contribution is 2.36. The number of halogens is 6. The Morgan fingerprint density at radius 2 is 1.65 bits per heavy atom. The molecule has 0 aliphatic rings. The fourth-order valence-corrected chi connectivity index (χ4v) is 1.26. The van der Waals surface area contributed by atoms with Gasteiger partial charge in [0.05, 0.1) is 5.56 Å². The lowest BCUT2D eigenvalue weighted by Gasteiger charge is -2.13. The largest absolute Gasteiger partial charge is 0.484 e. The quantitative estimate of drug-likeness (QED) is 0.636.